The monoisotopic (exact) mass is 185 g/mol. The maximum absolute atomic E-state index is 12.2. The van der Waals surface area contributed by atoms with E-state index in [1.807, 2.05) is 0 Å². The Balaban J connectivity index is 0. The van der Waals surface area contributed by atoms with Crippen LogP contribution in [-0.2, 0) is 0 Å². The Kier molecular flexibility index (Phi) is 5.52. The summed E-state index contributed by atoms with van der Waals surface area (Å²) in [5, 5.41) is 0. The van der Waals surface area contributed by atoms with Crippen LogP contribution in [0.4, 0.5) is 4.39 Å². The Hall–Kier alpha value is -1.38. The predicted molar refractivity (Wildman–Crippen MR) is 53.0 cm³/mol. The largest absolute Gasteiger partial charge is 0.366 e. The molecule has 0 spiro atoms. The third-order valence-electron chi connectivity index (χ3n) is 1.13. The molecule has 0 aliphatic carbocycles. The van der Waals surface area contributed by atoms with E-state index < -0.39 is 5.91 Å². The molecule has 0 saturated heterocycles. The Morgan fingerprint density at radius 2 is 1.77 bits per heavy atom. The topological polar surface area (TPSA) is 43.1 Å². The summed E-state index contributed by atoms with van der Waals surface area (Å²) in [6.45, 7) is 4.25. The summed E-state index contributed by atoms with van der Waals surface area (Å²) in [5.41, 5.74) is 5.22. The fourth-order valence-electron chi connectivity index (χ4n) is 0.614. The van der Waals surface area contributed by atoms with Gasteiger partial charge < -0.3 is 5.73 Å². The van der Waals surface area contributed by atoms with E-state index >= 15 is 0 Å². The fourth-order valence-corrected chi connectivity index (χ4v) is 0.614. The lowest BCUT2D eigenvalue weighted by atomic mass is 10.2. The van der Waals surface area contributed by atoms with Crippen LogP contribution in [0.1, 0.15) is 32.1 Å². The summed E-state index contributed by atoms with van der Waals surface area (Å²) in [6, 6.07) is 5.08. The molecule has 0 bridgehead atoms. The molecule has 1 rings (SSSR count). The summed E-state index contributed by atoms with van der Waals surface area (Å²) in [5.74, 6) is -0.912. The molecule has 0 aromatic heterocycles. The second-order valence-electron chi connectivity index (χ2n) is 2.58. The van der Waals surface area contributed by atoms with E-state index in [0.717, 1.165) is 0 Å². The van der Waals surface area contributed by atoms with Gasteiger partial charge in [-0.25, -0.2) is 4.39 Å². The van der Waals surface area contributed by atoms with Crippen molar-refractivity contribution in [3.8, 4) is 0 Å². The first-order chi connectivity index (χ1) is 6.11. The summed E-state index contributed by atoms with van der Waals surface area (Å²) in [6.07, 6.45) is 1.25. The summed E-state index contributed by atoms with van der Waals surface area (Å²) >= 11 is 0. The predicted octanol–water partition coefficient (Wildman–Crippen LogP) is 2.59. The van der Waals surface area contributed by atoms with Crippen LogP contribution in [0.2, 0.25) is 0 Å². The van der Waals surface area contributed by atoms with E-state index in [-0.39, 0.29) is 7.24 Å². The van der Waals surface area contributed by atoms with Crippen LogP contribution in [0.25, 0.3) is 0 Å². The van der Waals surface area contributed by atoms with Gasteiger partial charge in [0.15, 0.2) is 0 Å². The SMILES string of the molecule is CCC.NC(=O)c1ccc(F)cc1.[HH]. The van der Waals surface area contributed by atoms with Crippen LogP contribution < -0.4 is 5.73 Å². The molecular weight excluding hydrogens is 169 g/mol. The lowest BCUT2D eigenvalue weighted by Crippen LogP contribution is -2.10. The van der Waals surface area contributed by atoms with Crippen molar-refractivity contribution in [2.45, 2.75) is 20.3 Å². The Morgan fingerprint density at radius 1 is 1.38 bits per heavy atom. The average Bonchev–Trinajstić information content (AvgIpc) is 2.06. The van der Waals surface area contributed by atoms with Crippen molar-refractivity contribution >= 4 is 5.91 Å². The number of benzene rings is 1. The van der Waals surface area contributed by atoms with Crippen molar-refractivity contribution in [2.75, 3.05) is 0 Å². The van der Waals surface area contributed by atoms with Gasteiger partial charge in [0.05, 0.1) is 0 Å². The highest BCUT2D eigenvalue weighted by Gasteiger charge is 1.97. The van der Waals surface area contributed by atoms with Gasteiger partial charge in [0, 0.05) is 6.99 Å². The maximum Gasteiger partial charge on any atom is 0.248 e. The van der Waals surface area contributed by atoms with Gasteiger partial charge >= 0.3 is 0 Å². The Labute approximate surface area is 79.0 Å². The first-order valence-electron chi connectivity index (χ1n) is 4.17. The van der Waals surface area contributed by atoms with Crippen LogP contribution in [0.5, 0.6) is 0 Å². The number of amides is 1. The number of carbonyl (C=O) groups excluding carboxylic acids is 1. The number of nitrogens with two attached hydrogens (primary N) is 1. The molecule has 2 N–H and O–H groups in total. The Morgan fingerprint density at radius 3 is 2.08 bits per heavy atom. The van der Waals surface area contributed by atoms with Gasteiger partial charge in [-0.1, -0.05) is 20.3 Å². The first-order valence-corrected chi connectivity index (χ1v) is 4.17. The maximum atomic E-state index is 12.2. The summed E-state index contributed by atoms with van der Waals surface area (Å²) in [4.78, 5) is 10.4. The molecule has 0 atom stereocenters. The van der Waals surface area contributed by atoms with Crippen LogP contribution in [0, 0.1) is 5.82 Å². The van der Waals surface area contributed by atoms with E-state index in [9.17, 15) is 9.18 Å². The Bertz CT molecular complexity index is 261. The summed E-state index contributed by atoms with van der Waals surface area (Å²) in [7, 11) is 0. The molecule has 1 aromatic carbocycles. The molecule has 2 nitrogen and oxygen atoms in total. The van der Waals surface area contributed by atoms with Crippen molar-refractivity contribution in [3.63, 3.8) is 0 Å². The van der Waals surface area contributed by atoms with Gasteiger partial charge in [-0.2, -0.15) is 0 Å². The van der Waals surface area contributed by atoms with E-state index in [4.69, 9.17) is 5.73 Å². The molecule has 1 amide bonds. The van der Waals surface area contributed by atoms with Crippen molar-refractivity contribution in [1.82, 2.24) is 0 Å². The zero-order chi connectivity index (χ0) is 10.3. The molecule has 13 heavy (non-hydrogen) atoms. The molecule has 0 saturated carbocycles. The zero-order valence-electron chi connectivity index (χ0n) is 7.88. The minimum absolute atomic E-state index is 0. The van der Waals surface area contributed by atoms with Crippen molar-refractivity contribution in [1.29, 1.82) is 0 Å². The minimum atomic E-state index is -0.542. The molecule has 74 valence electrons. The van der Waals surface area contributed by atoms with E-state index in [1.165, 1.54) is 30.7 Å². The van der Waals surface area contributed by atoms with Crippen molar-refractivity contribution in [2.24, 2.45) is 5.73 Å². The van der Waals surface area contributed by atoms with Crippen molar-refractivity contribution in [3.05, 3.63) is 35.6 Å². The number of carbonyl (C=O) groups is 1. The van der Waals surface area contributed by atoms with Crippen LogP contribution in [-0.4, -0.2) is 5.91 Å². The fraction of sp³-hybridized carbons (Fsp3) is 0.300. The third-order valence-corrected chi connectivity index (χ3v) is 1.13. The van der Waals surface area contributed by atoms with Crippen LogP contribution in [0.3, 0.4) is 0 Å². The quantitative estimate of drug-likeness (QED) is 0.718. The zero-order valence-corrected chi connectivity index (χ0v) is 7.88. The number of hydrogen-bond acceptors (Lipinski definition) is 1. The standard InChI is InChI=1S/C7H6FNO.C3H8.H2/c8-6-3-1-5(2-4-6)7(9)10;1-3-2;/h1-4H,(H2,9,10);3H2,1-2H3;1H. The lowest BCUT2D eigenvalue weighted by Gasteiger charge is -1.91. The number of rotatable bonds is 1. The van der Waals surface area contributed by atoms with Gasteiger partial charge in [0.1, 0.15) is 5.82 Å². The van der Waals surface area contributed by atoms with Gasteiger partial charge in [0.25, 0.3) is 0 Å². The molecule has 0 heterocycles. The number of hydrogen-bond donors (Lipinski definition) is 1. The summed E-state index contributed by atoms with van der Waals surface area (Å²) < 4.78 is 12.2. The average molecular weight is 185 g/mol. The molecule has 0 aliphatic rings. The highest BCUT2D eigenvalue weighted by molar-refractivity contribution is 5.92. The van der Waals surface area contributed by atoms with E-state index in [0.29, 0.717) is 5.56 Å². The molecule has 0 aliphatic heterocycles. The molecular formula is C10H16FNO. The smallest absolute Gasteiger partial charge is 0.248 e. The number of halogens is 1. The highest BCUT2D eigenvalue weighted by Crippen LogP contribution is 2.00. The van der Waals surface area contributed by atoms with E-state index in [1.54, 1.807) is 0 Å². The highest BCUT2D eigenvalue weighted by atomic mass is 19.1. The number of primary amides is 1. The van der Waals surface area contributed by atoms with Crippen LogP contribution in [0.15, 0.2) is 24.3 Å². The molecule has 0 radical (unpaired) electrons. The second kappa shape index (κ2) is 6.17. The first kappa shape index (κ1) is 11.6. The third kappa shape index (κ3) is 4.95. The molecule has 0 fully saturated rings. The normalized spacial score (nSPS) is 8.54. The molecule has 3 heteroatoms. The van der Waals surface area contributed by atoms with Gasteiger partial charge in [-0.15, -0.1) is 0 Å². The van der Waals surface area contributed by atoms with Gasteiger partial charge in [-0.3, -0.25) is 4.79 Å². The lowest BCUT2D eigenvalue weighted by molar-refractivity contribution is 0.100. The molecule has 1 aromatic rings. The second-order valence-corrected chi connectivity index (χ2v) is 2.58. The van der Waals surface area contributed by atoms with Crippen molar-refractivity contribution < 1.29 is 10.6 Å². The molecule has 0 unspecified atom stereocenters. The minimum Gasteiger partial charge on any atom is -0.366 e. The van der Waals surface area contributed by atoms with Gasteiger partial charge in [-0.05, 0) is 24.3 Å². The van der Waals surface area contributed by atoms with E-state index in [2.05, 4.69) is 13.8 Å². The van der Waals surface area contributed by atoms with Gasteiger partial charge in [0.2, 0.25) is 5.91 Å². The van der Waals surface area contributed by atoms with Crippen LogP contribution >= 0.6 is 0 Å².